The summed E-state index contributed by atoms with van der Waals surface area (Å²) >= 11 is 0. The second kappa shape index (κ2) is 8.85. The summed E-state index contributed by atoms with van der Waals surface area (Å²) in [6.07, 6.45) is 0. The Bertz CT molecular complexity index is 979. The molecule has 0 aliphatic heterocycles. The molecule has 8 nitrogen and oxygen atoms in total. The van der Waals surface area contributed by atoms with Crippen LogP contribution in [-0.4, -0.2) is 36.1 Å². The zero-order valence-electron chi connectivity index (χ0n) is 15.0. The minimum atomic E-state index is -0.814. The molecule has 0 atom stereocenters. The van der Waals surface area contributed by atoms with E-state index in [1.165, 1.54) is 24.3 Å². The number of hydrogen-bond acceptors (Lipinski definition) is 7. The van der Waals surface area contributed by atoms with Crippen molar-refractivity contribution in [1.82, 2.24) is 9.78 Å². The molecule has 0 aliphatic rings. The maximum absolute atomic E-state index is 13.0. The van der Waals surface area contributed by atoms with Crippen LogP contribution in [0.4, 0.5) is 4.39 Å². The molecular formula is C19H17FN2O6. The summed E-state index contributed by atoms with van der Waals surface area (Å²) in [7, 11) is 1.57. The quantitative estimate of drug-likeness (QED) is 0.432. The van der Waals surface area contributed by atoms with Crippen LogP contribution in [0.1, 0.15) is 0 Å². The van der Waals surface area contributed by atoms with Crippen LogP contribution in [0, 0.1) is 5.82 Å². The normalized spacial score (nSPS) is 10.5. The van der Waals surface area contributed by atoms with Gasteiger partial charge in [0, 0.05) is 5.56 Å². The lowest BCUT2D eigenvalue weighted by molar-refractivity contribution is -0.145. The standard InChI is InChI=1S/C19H17FN2O6/c1-25-15-6-8-16(9-7-15)26-10-11-27-17(23)12-22-19(24)28-18(21-22)13-2-4-14(20)5-3-13/h2-9H,10-12H2,1H3. The number of rotatable bonds is 8. The number of methoxy groups -OCH3 is 1. The Morgan fingerprint density at radius 2 is 1.75 bits per heavy atom. The Hall–Kier alpha value is -3.62. The van der Waals surface area contributed by atoms with Crippen LogP contribution in [-0.2, 0) is 16.1 Å². The summed E-state index contributed by atoms with van der Waals surface area (Å²) < 4.78 is 34.3. The number of nitrogens with zero attached hydrogens (tertiary/aromatic N) is 2. The highest BCUT2D eigenvalue weighted by Crippen LogP contribution is 2.17. The maximum Gasteiger partial charge on any atom is 0.437 e. The first-order valence-electron chi connectivity index (χ1n) is 8.31. The highest BCUT2D eigenvalue weighted by Gasteiger charge is 2.14. The number of ether oxygens (including phenoxy) is 3. The topological polar surface area (TPSA) is 92.8 Å². The van der Waals surface area contributed by atoms with E-state index in [2.05, 4.69) is 5.10 Å². The Morgan fingerprint density at radius 3 is 2.43 bits per heavy atom. The summed E-state index contributed by atoms with van der Waals surface area (Å²) in [5, 5.41) is 3.91. The zero-order valence-corrected chi connectivity index (χ0v) is 15.0. The minimum absolute atomic E-state index is 0.00227. The van der Waals surface area contributed by atoms with E-state index in [0.717, 1.165) is 4.68 Å². The number of benzene rings is 2. The molecule has 0 unspecified atom stereocenters. The highest BCUT2D eigenvalue weighted by atomic mass is 19.1. The number of hydrogen-bond donors (Lipinski definition) is 0. The van der Waals surface area contributed by atoms with Gasteiger partial charge in [0.1, 0.15) is 37.1 Å². The highest BCUT2D eigenvalue weighted by molar-refractivity contribution is 5.69. The molecule has 0 saturated carbocycles. The van der Waals surface area contributed by atoms with Gasteiger partial charge in [0.2, 0.25) is 5.89 Å². The second-order valence-corrected chi connectivity index (χ2v) is 5.58. The molecule has 0 fully saturated rings. The lowest BCUT2D eigenvalue weighted by atomic mass is 10.2. The van der Waals surface area contributed by atoms with Gasteiger partial charge in [-0.15, -0.1) is 5.10 Å². The predicted molar refractivity (Wildman–Crippen MR) is 95.6 cm³/mol. The van der Waals surface area contributed by atoms with Crippen molar-refractivity contribution in [3.63, 3.8) is 0 Å². The molecule has 1 heterocycles. The van der Waals surface area contributed by atoms with Crippen molar-refractivity contribution >= 4 is 5.97 Å². The van der Waals surface area contributed by atoms with E-state index in [1.54, 1.807) is 31.4 Å². The molecule has 3 aromatic rings. The van der Waals surface area contributed by atoms with Crippen LogP contribution >= 0.6 is 0 Å². The van der Waals surface area contributed by atoms with Crippen molar-refractivity contribution < 1.29 is 27.8 Å². The third kappa shape index (κ3) is 4.97. The Balaban J connectivity index is 1.48. The largest absolute Gasteiger partial charge is 0.497 e. The fraction of sp³-hybridized carbons (Fsp3) is 0.211. The van der Waals surface area contributed by atoms with Crippen LogP contribution in [0.3, 0.4) is 0 Å². The SMILES string of the molecule is COc1ccc(OCCOC(=O)Cn2nc(-c3ccc(F)cc3)oc2=O)cc1. The molecule has 1 aromatic heterocycles. The molecule has 0 bridgehead atoms. The van der Waals surface area contributed by atoms with E-state index in [1.807, 2.05) is 0 Å². The van der Waals surface area contributed by atoms with Crippen LogP contribution in [0.25, 0.3) is 11.5 Å². The van der Waals surface area contributed by atoms with Gasteiger partial charge in [0.25, 0.3) is 0 Å². The Morgan fingerprint density at radius 1 is 1.07 bits per heavy atom. The monoisotopic (exact) mass is 388 g/mol. The van der Waals surface area contributed by atoms with Gasteiger partial charge in [-0.25, -0.2) is 9.18 Å². The van der Waals surface area contributed by atoms with E-state index in [0.29, 0.717) is 17.1 Å². The first-order chi connectivity index (χ1) is 13.5. The molecule has 0 saturated heterocycles. The minimum Gasteiger partial charge on any atom is -0.497 e. The van der Waals surface area contributed by atoms with Crippen LogP contribution in [0.2, 0.25) is 0 Å². The fourth-order valence-corrected chi connectivity index (χ4v) is 2.27. The molecule has 0 amide bonds. The average molecular weight is 388 g/mol. The average Bonchev–Trinajstić information content (AvgIpc) is 3.06. The lowest BCUT2D eigenvalue weighted by Crippen LogP contribution is -2.24. The first kappa shape index (κ1) is 19.2. The molecule has 28 heavy (non-hydrogen) atoms. The second-order valence-electron chi connectivity index (χ2n) is 5.58. The van der Waals surface area contributed by atoms with Crippen LogP contribution < -0.4 is 15.2 Å². The van der Waals surface area contributed by atoms with Crippen molar-refractivity contribution in [2.24, 2.45) is 0 Å². The van der Waals surface area contributed by atoms with Crippen molar-refractivity contribution in [2.75, 3.05) is 20.3 Å². The zero-order chi connectivity index (χ0) is 19.9. The number of esters is 1. The lowest BCUT2D eigenvalue weighted by Gasteiger charge is -2.07. The summed E-state index contributed by atoms with van der Waals surface area (Å²) in [4.78, 5) is 23.7. The number of aromatic nitrogens is 2. The van der Waals surface area contributed by atoms with Crippen molar-refractivity contribution in [3.8, 4) is 23.0 Å². The van der Waals surface area contributed by atoms with Gasteiger partial charge >= 0.3 is 11.7 Å². The van der Waals surface area contributed by atoms with Crippen molar-refractivity contribution in [2.45, 2.75) is 6.54 Å². The van der Waals surface area contributed by atoms with Gasteiger partial charge in [0.15, 0.2) is 0 Å². The summed E-state index contributed by atoms with van der Waals surface area (Å²) in [6.45, 7) is -0.263. The third-order valence-corrected chi connectivity index (χ3v) is 3.65. The Labute approximate surface area is 159 Å². The number of carbonyl (C=O) groups is 1. The van der Waals surface area contributed by atoms with Gasteiger partial charge in [-0.05, 0) is 48.5 Å². The Kier molecular flexibility index (Phi) is 6.05. The van der Waals surface area contributed by atoms with E-state index in [4.69, 9.17) is 18.6 Å². The molecule has 9 heteroatoms. The molecule has 0 spiro atoms. The third-order valence-electron chi connectivity index (χ3n) is 3.65. The van der Waals surface area contributed by atoms with Crippen LogP contribution in [0.5, 0.6) is 11.5 Å². The molecule has 3 rings (SSSR count). The van der Waals surface area contributed by atoms with E-state index < -0.39 is 24.1 Å². The first-order valence-corrected chi connectivity index (χ1v) is 8.31. The summed E-state index contributed by atoms with van der Waals surface area (Å²) in [5.41, 5.74) is 0.415. The molecule has 2 aromatic carbocycles. The molecule has 146 valence electrons. The van der Waals surface area contributed by atoms with Gasteiger partial charge in [0.05, 0.1) is 7.11 Å². The molecule has 0 radical (unpaired) electrons. The fourth-order valence-electron chi connectivity index (χ4n) is 2.27. The predicted octanol–water partition coefficient (Wildman–Crippen LogP) is 2.27. The van der Waals surface area contributed by atoms with E-state index in [9.17, 15) is 14.0 Å². The van der Waals surface area contributed by atoms with Crippen molar-refractivity contribution in [1.29, 1.82) is 0 Å². The summed E-state index contributed by atoms with van der Waals surface area (Å²) in [5.74, 6) is -0.609. The maximum atomic E-state index is 13.0. The van der Waals surface area contributed by atoms with Gasteiger partial charge < -0.3 is 18.6 Å². The van der Waals surface area contributed by atoms with Crippen LogP contribution in [0.15, 0.2) is 57.7 Å². The van der Waals surface area contributed by atoms with Crippen molar-refractivity contribution in [3.05, 3.63) is 64.9 Å². The summed E-state index contributed by atoms with van der Waals surface area (Å²) in [6, 6.07) is 12.2. The molecular weight excluding hydrogens is 371 g/mol. The number of carbonyl (C=O) groups excluding carboxylic acids is 1. The van der Waals surface area contributed by atoms with Gasteiger partial charge in [-0.3, -0.25) is 4.79 Å². The van der Waals surface area contributed by atoms with Gasteiger partial charge in [-0.2, -0.15) is 4.68 Å². The molecule has 0 aliphatic carbocycles. The van der Waals surface area contributed by atoms with E-state index in [-0.39, 0.29) is 19.1 Å². The van der Waals surface area contributed by atoms with E-state index >= 15 is 0 Å². The van der Waals surface area contributed by atoms with Gasteiger partial charge in [-0.1, -0.05) is 0 Å². The smallest absolute Gasteiger partial charge is 0.437 e. The molecule has 0 N–H and O–H groups in total. The number of halogens is 1.